The van der Waals surface area contributed by atoms with Gasteiger partial charge in [-0.25, -0.2) is 9.78 Å². The van der Waals surface area contributed by atoms with Gasteiger partial charge in [0.15, 0.2) is 0 Å². The first-order valence-electron chi connectivity index (χ1n) is 12.6. The number of amides is 2. The summed E-state index contributed by atoms with van der Waals surface area (Å²) in [6.45, 7) is 10.9. The number of hydrogen-bond acceptors (Lipinski definition) is 6. The number of hydrogen-bond donors (Lipinski definition) is 1. The van der Waals surface area contributed by atoms with Crippen molar-refractivity contribution < 1.29 is 14.3 Å². The topological polar surface area (TPSA) is 97.5 Å². The Labute approximate surface area is 211 Å². The molecule has 3 aromatic rings. The van der Waals surface area contributed by atoms with E-state index in [2.05, 4.69) is 24.9 Å². The molecule has 2 amide bonds. The predicted molar refractivity (Wildman–Crippen MR) is 137 cm³/mol. The minimum Gasteiger partial charge on any atom is -0.444 e. The van der Waals surface area contributed by atoms with E-state index < -0.39 is 5.60 Å². The zero-order chi connectivity index (χ0) is 25.6. The minimum atomic E-state index is -0.510. The van der Waals surface area contributed by atoms with E-state index in [-0.39, 0.29) is 18.0 Å². The second-order valence-corrected chi connectivity index (χ2v) is 10.8. The van der Waals surface area contributed by atoms with Gasteiger partial charge >= 0.3 is 6.09 Å². The maximum Gasteiger partial charge on any atom is 0.410 e. The van der Waals surface area contributed by atoms with Gasteiger partial charge in [-0.05, 0) is 46.2 Å². The van der Waals surface area contributed by atoms with Crippen LogP contribution < -0.4 is 10.2 Å². The van der Waals surface area contributed by atoms with Gasteiger partial charge in [-0.3, -0.25) is 9.48 Å². The van der Waals surface area contributed by atoms with Gasteiger partial charge in [0.25, 0.3) is 5.91 Å². The molecule has 2 aliphatic rings. The fourth-order valence-corrected chi connectivity index (χ4v) is 5.09. The van der Waals surface area contributed by atoms with Crippen LogP contribution in [-0.4, -0.2) is 74.1 Å². The normalized spacial score (nSPS) is 18.3. The smallest absolute Gasteiger partial charge is 0.410 e. The molecule has 36 heavy (non-hydrogen) atoms. The van der Waals surface area contributed by atoms with E-state index in [1.54, 1.807) is 9.58 Å². The summed E-state index contributed by atoms with van der Waals surface area (Å²) in [7, 11) is 1.87. The number of carbonyl (C=O) groups is 2. The lowest BCUT2D eigenvalue weighted by Gasteiger charge is -2.37. The summed E-state index contributed by atoms with van der Waals surface area (Å²) < 4.78 is 9.41. The van der Waals surface area contributed by atoms with Gasteiger partial charge in [-0.15, -0.1) is 0 Å². The lowest BCUT2D eigenvalue weighted by molar-refractivity contribution is 0.0240. The van der Waals surface area contributed by atoms with Crippen LogP contribution in [0.4, 0.5) is 10.5 Å². The highest BCUT2D eigenvalue weighted by atomic mass is 16.6. The number of nitrogens with one attached hydrogen (secondary N) is 1. The Morgan fingerprint density at radius 3 is 2.58 bits per heavy atom. The summed E-state index contributed by atoms with van der Waals surface area (Å²) in [6, 6.07) is 3.92. The summed E-state index contributed by atoms with van der Waals surface area (Å²) >= 11 is 0. The number of carbonyl (C=O) groups excluding carboxylic acids is 2. The third kappa shape index (κ3) is 4.89. The molecule has 1 fully saturated rings. The standard InChI is InChI=1S/C26H35N7O3/c1-17-14-33-15-18(6-9-22(33)27-17)28-24(34)19-7-8-21(20-16-30(5)29-23(19)20)31-10-12-32(13-11-31)25(35)36-26(2,3)4/h7-8,14,16,18H,6,9-13,15H2,1-5H3,(H,28,34). The van der Waals surface area contributed by atoms with Crippen molar-refractivity contribution in [3.63, 3.8) is 0 Å². The van der Waals surface area contributed by atoms with E-state index in [1.165, 1.54) is 0 Å². The second-order valence-electron chi connectivity index (χ2n) is 10.8. The summed E-state index contributed by atoms with van der Waals surface area (Å²) in [5.41, 5.74) is 2.79. The van der Waals surface area contributed by atoms with Crippen LogP contribution in [-0.2, 0) is 24.8 Å². The molecule has 5 rings (SSSR count). The summed E-state index contributed by atoms with van der Waals surface area (Å²) in [5, 5.41) is 8.79. The average molecular weight is 494 g/mol. The highest BCUT2D eigenvalue weighted by Gasteiger charge is 2.28. The Kier molecular flexibility index (Phi) is 6.13. The Balaban J connectivity index is 1.30. The molecule has 1 N–H and O–H groups in total. The molecule has 0 spiro atoms. The highest BCUT2D eigenvalue weighted by Crippen LogP contribution is 2.30. The van der Waals surface area contributed by atoms with Crippen molar-refractivity contribution >= 4 is 28.6 Å². The van der Waals surface area contributed by atoms with Crippen LogP contribution in [0.5, 0.6) is 0 Å². The van der Waals surface area contributed by atoms with Crippen molar-refractivity contribution in [3.05, 3.63) is 41.6 Å². The summed E-state index contributed by atoms with van der Waals surface area (Å²) in [4.78, 5) is 34.3. The number of ether oxygens (including phenoxy) is 1. The molecule has 0 aliphatic carbocycles. The largest absolute Gasteiger partial charge is 0.444 e. The third-order valence-electron chi connectivity index (χ3n) is 6.73. The van der Waals surface area contributed by atoms with E-state index in [1.807, 2.05) is 59.3 Å². The quantitative estimate of drug-likeness (QED) is 0.603. The number of piperazine rings is 1. The van der Waals surface area contributed by atoms with Crippen LogP contribution in [0.15, 0.2) is 24.5 Å². The number of nitrogens with zero attached hydrogens (tertiary/aromatic N) is 6. The SMILES string of the molecule is Cc1cn2c(n1)CCC(NC(=O)c1ccc(N3CCN(C(=O)OC(C)(C)C)CC3)c3cn(C)nc13)C2. The van der Waals surface area contributed by atoms with Gasteiger partial charge < -0.3 is 24.4 Å². The molecule has 1 atom stereocenters. The molecule has 2 aromatic heterocycles. The number of aryl methyl sites for hydroxylation is 3. The zero-order valence-corrected chi connectivity index (χ0v) is 21.7. The number of anilines is 1. The zero-order valence-electron chi connectivity index (χ0n) is 21.7. The molecule has 10 nitrogen and oxygen atoms in total. The summed E-state index contributed by atoms with van der Waals surface area (Å²) in [5.74, 6) is 0.978. The van der Waals surface area contributed by atoms with Gasteiger partial charge in [0.2, 0.25) is 0 Å². The molecule has 1 saturated heterocycles. The van der Waals surface area contributed by atoms with E-state index >= 15 is 0 Å². The number of fused-ring (bicyclic) bond motifs is 2. The van der Waals surface area contributed by atoms with Crippen molar-refractivity contribution in [1.29, 1.82) is 0 Å². The molecule has 1 aromatic carbocycles. The molecule has 1 unspecified atom stereocenters. The molecule has 0 bridgehead atoms. The number of rotatable bonds is 3. The maximum absolute atomic E-state index is 13.3. The highest BCUT2D eigenvalue weighted by molar-refractivity contribution is 6.08. The van der Waals surface area contributed by atoms with Crippen molar-refractivity contribution in [1.82, 2.24) is 29.5 Å². The molecular formula is C26H35N7O3. The number of aromatic nitrogens is 4. The number of imidazole rings is 1. The van der Waals surface area contributed by atoms with Crippen molar-refractivity contribution in [2.24, 2.45) is 7.05 Å². The molecule has 10 heteroatoms. The Morgan fingerprint density at radius 2 is 1.86 bits per heavy atom. The van der Waals surface area contributed by atoms with Crippen molar-refractivity contribution in [2.75, 3.05) is 31.1 Å². The van der Waals surface area contributed by atoms with E-state index in [9.17, 15) is 9.59 Å². The van der Waals surface area contributed by atoms with E-state index in [4.69, 9.17) is 4.74 Å². The predicted octanol–water partition coefficient (Wildman–Crippen LogP) is 2.88. The van der Waals surface area contributed by atoms with Crippen LogP contribution in [0.3, 0.4) is 0 Å². The molecule has 192 valence electrons. The lowest BCUT2D eigenvalue weighted by atomic mass is 10.0. The molecule has 2 aliphatic heterocycles. The van der Waals surface area contributed by atoms with Crippen LogP contribution in [0.1, 0.15) is 49.1 Å². The first-order chi connectivity index (χ1) is 17.1. The first-order valence-corrected chi connectivity index (χ1v) is 12.6. The lowest BCUT2D eigenvalue weighted by Crippen LogP contribution is -2.50. The van der Waals surface area contributed by atoms with E-state index in [0.29, 0.717) is 37.3 Å². The van der Waals surface area contributed by atoms with Crippen molar-refractivity contribution in [2.45, 2.75) is 58.7 Å². The minimum absolute atomic E-state index is 0.0537. The fraction of sp³-hybridized carbons (Fsp3) is 0.538. The average Bonchev–Trinajstić information content (AvgIpc) is 3.38. The first kappa shape index (κ1) is 24.1. The van der Waals surface area contributed by atoms with E-state index in [0.717, 1.165) is 42.0 Å². The number of benzene rings is 1. The molecule has 4 heterocycles. The van der Waals surface area contributed by atoms with Gasteiger partial charge in [0, 0.05) is 75.7 Å². The third-order valence-corrected chi connectivity index (χ3v) is 6.73. The molecule has 0 saturated carbocycles. The molecule has 0 radical (unpaired) electrons. The fourth-order valence-electron chi connectivity index (χ4n) is 5.09. The van der Waals surface area contributed by atoms with Gasteiger partial charge in [0.05, 0.1) is 11.3 Å². The Hall–Kier alpha value is -3.56. The van der Waals surface area contributed by atoms with Gasteiger partial charge in [-0.2, -0.15) is 5.10 Å². The maximum atomic E-state index is 13.3. The Bertz CT molecular complexity index is 1290. The van der Waals surface area contributed by atoms with Crippen molar-refractivity contribution in [3.8, 4) is 0 Å². The molecular weight excluding hydrogens is 458 g/mol. The van der Waals surface area contributed by atoms with Crippen LogP contribution in [0.25, 0.3) is 10.9 Å². The summed E-state index contributed by atoms with van der Waals surface area (Å²) in [6.07, 6.45) is 5.45. The van der Waals surface area contributed by atoms with Crippen LogP contribution in [0, 0.1) is 6.92 Å². The Morgan fingerprint density at radius 1 is 1.11 bits per heavy atom. The van der Waals surface area contributed by atoms with Gasteiger partial charge in [-0.1, -0.05) is 0 Å². The second kappa shape index (κ2) is 9.15. The monoisotopic (exact) mass is 493 g/mol. The van der Waals surface area contributed by atoms with Crippen LogP contribution in [0.2, 0.25) is 0 Å². The van der Waals surface area contributed by atoms with Gasteiger partial charge in [0.1, 0.15) is 16.9 Å². The van der Waals surface area contributed by atoms with Crippen LogP contribution >= 0.6 is 0 Å².